The van der Waals surface area contributed by atoms with Gasteiger partial charge in [-0.25, -0.2) is 8.78 Å². The molecular formula is C10H10F2O3. The van der Waals surface area contributed by atoms with Crippen molar-refractivity contribution in [2.45, 2.75) is 13.0 Å². The smallest absolute Gasteiger partial charge is 0.307 e. The molecule has 0 saturated carbocycles. The highest BCUT2D eigenvalue weighted by Gasteiger charge is 2.15. The Kier molecular flexibility index (Phi) is 3.74. The normalized spacial score (nSPS) is 10.3. The Bertz CT molecular complexity index is 377. The molecule has 0 radical (unpaired) electrons. The highest BCUT2D eigenvalue weighted by Crippen LogP contribution is 2.18. The molecule has 0 unspecified atom stereocenters. The fourth-order valence-corrected chi connectivity index (χ4v) is 1.22. The van der Waals surface area contributed by atoms with E-state index in [2.05, 4.69) is 4.74 Å². The molecule has 3 nitrogen and oxygen atoms in total. The Morgan fingerprint density at radius 2 is 2.13 bits per heavy atom. The lowest BCUT2D eigenvalue weighted by Crippen LogP contribution is -2.07. The van der Waals surface area contributed by atoms with Crippen LogP contribution in [0.2, 0.25) is 0 Å². The van der Waals surface area contributed by atoms with Crippen LogP contribution in [0.4, 0.5) is 8.78 Å². The Labute approximate surface area is 85.3 Å². The van der Waals surface area contributed by atoms with Crippen LogP contribution in [-0.4, -0.2) is 18.2 Å². The fourth-order valence-electron chi connectivity index (χ4n) is 1.22. The average molecular weight is 216 g/mol. The third-order valence-electron chi connectivity index (χ3n) is 1.90. The molecule has 82 valence electrons. The van der Waals surface area contributed by atoms with E-state index in [1.807, 2.05) is 0 Å². The van der Waals surface area contributed by atoms with Crippen LogP contribution in [-0.2, 0) is 22.6 Å². The number of carbonyl (C=O) groups is 1. The van der Waals surface area contributed by atoms with Crippen molar-refractivity contribution in [1.29, 1.82) is 0 Å². The van der Waals surface area contributed by atoms with Gasteiger partial charge in [-0.3, -0.25) is 4.79 Å². The SMILES string of the molecule is COCc1c(F)ccc(CC(=O)O)c1F. The van der Waals surface area contributed by atoms with E-state index in [9.17, 15) is 13.6 Å². The third-order valence-corrected chi connectivity index (χ3v) is 1.90. The second kappa shape index (κ2) is 4.84. The van der Waals surface area contributed by atoms with E-state index in [0.717, 1.165) is 12.1 Å². The summed E-state index contributed by atoms with van der Waals surface area (Å²) in [5.41, 5.74) is -0.285. The summed E-state index contributed by atoms with van der Waals surface area (Å²) in [5, 5.41) is 8.49. The van der Waals surface area contributed by atoms with Gasteiger partial charge in [-0.1, -0.05) is 6.07 Å². The maximum atomic E-state index is 13.5. The highest BCUT2D eigenvalue weighted by atomic mass is 19.1. The summed E-state index contributed by atoms with van der Waals surface area (Å²) in [6.45, 7) is -0.217. The van der Waals surface area contributed by atoms with Gasteiger partial charge in [0, 0.05) is 12.7 Å². The van der Waals surface area contributed by atoms with Crippen molar-refractivity contribution in [2.24, 2.45) is 0 Å². The molecular weight excluding hydrogens is 206 g/mol. The molecule has 0 amide bonds. The Hall–Kier alpha value is -1.49. The predicted molar refractivity (Wildman–Crippen MR) is 48.4 cm³/mol. The first-order valence-corrected chi connectivity index (χ1v) is 4.22. The monoisotopic (exact) mass is 216 g/mol. The van der Waals surface area contributed by atoms with Crippen molar-refractivity contribution < 1.29 is 23.4 Å². The lowest BCUT2D eigenvalue weighted by molar-refractivity contribution is -0.136. The van der Waals surface area contributed by atoms with E-state index in [0.29, 0.717) is 0 Å². The Balaban J connectivity index is 3.09. The molecule has 0 heterocycles. The van der Waals surface area contributed by atoms with Crippen molar-refractivity contribution >= 4 is 5.97 Å². The predicted octanol–water partition coefficient (Wildman–Crippen LogP) is 1.74. The van der Waals surface area contributed by atoms with Crippen LogP contribution < -0.4 is 0 Å². The summed E-state index contributed by atoms with van der Waals surface area (Å²) in [6.07, 6.45) is -0.469. The summed E-state index contributed by atoms with van der Waals surface area (Å²) in [4.78, 5) is 10.4. The Morgan fingerprint density at radius 1 is 1.47 bits per heavy atom. The van der Waals surface area contributed by atoms with Gasteiger partial charge in [-0.05, 0) is 11.6 Å². The number of aliphatic carboxylic acids is 1. The fraction of sp³-hybridized carbons (Fsp3) is 0.300. The zero-order valence-corrected chi connectivity index (χ0v) is 8.09. The summed E-state index contributed by atoms with van der Waals surface area (Å²) in [7, 11) is 1.31. The summed E-state index contributed by atoms with van der Waals surface area (Å²) < 4.78 is 31.2. The summed E-state index contributed by atoms with van der Waals surface area (Å²) in [5.74, 6) is -2.74. The van der Waals surface area contributed by atoms with Crippen LogP contribution >= 0.6 is 0 Å². The van der Waals surface area contributed by atoms with Crippen LogP contribution in [0.3, 0.4) is 0 Å². The number of methoxy groups -OCH3 is 1. The van der Waals surface area contributed by atoms with Gasteiger partial charge in [0.05, 0.1) is 13.0 Å². The molecule has 1 N–H and O–H groups in total. The minimum atomic E-state index is -1.16. The Morgan fingerprint density at radius 3 is 2.67 bits per heavy atom. The van der Waals surface area contributed by atoms with Gasteiger partial charge in [0.1, 0.15) is 11.6 Å². The third kappa shape index (κ3) is 2.73. The van der Waals surface area contributed by atoms with Gasteiger partial charge in [0.2, 0.25) is 0 Å². The van der Waals surface area contributed by atoms with E-state index in [-0.39, 0.29) is 17.7 Å². The topological polar surface area (TPSA) is 46.5 Å². The molecule has 0 aliphatic rings. The van der Waals surface area contributed by atoms with Crippen LogP contribution in [0.1, 0.15) is 11.1 Å². The van der Waals surface area contributed by atoms with Crippen LogP contribution in [0, 0.1) is 11.6 Å². The molecule has 1 rings (SSSR count). The van der Waals surface area contributed by atoms with Gasteiger partial charge in [-0.2, -0.15) is 0 Å². The second-order valence-corrected chi connectivity index (χ2v) is 3.00. The van der Waals surface area contributed by atoms with Gasteiger partial charge in [0.25, 0.3) is 0 Å². The van der Waals surface area contributed by atoms with Gasteiger partial charge < -0.3 is 9.84 Å². The van der Waals surface area contributed by atoms with Crippen molar-refractivity contribution in [3.8, 4) is 0 Å². The molecule has 0 atom stereocenters. The number of ether oxygens (including phenoxy) is 1. The van der Waals surface area contributed by atoms with Gasteiger partial charge in [0.15, 0.2) is 0 Å². The largest absolute Gasteiger partial charge is 0.481 e. The molecule has 15 heavy (non-hydrogen) atoms. The second-order valence-electron chi connectivity index (χ2n) is 3.00. The number of carboxylic acids is 1. The molecule has 0 aromatic heterocycles. The van der Waals surface area contributed by atoms with Crippen molar-refractivity contribution in [3.63, 3.8) is 0 Å². The molecule has 0 aliphatic heterocycles. The molecule has 0 saturated heterocycles. The first kappa shape index (κ1) is 11.6. The van der Waals surface area contributed by atoms with Crippen LogP contribution in [0.5, 0.6) is 0 Å². The molecule has 1 aromatic carbocycles. The van der Waals surface area contributed by atoms with Crippen LogP contribution in [0.25, 0.3) is 0 Å². The number of halogens is 2. The molecule has 5 heteroatoms. The number of hydrogen-bond acceptors (Lipinski definition) is 2. The number of rotatable bonds is 4. The van der Waals surface area contributed by atoms with E-state index in [4.69, 9.17) is 5.11 Å². The minimum absolute atomic E-state index is 0.0454. The van der Waals surface area contributed by atoms with E-state index < -0.39 is 24.0 Å². The molecule has 0 fully saturated rings. The van der Waals surface area contributed by atoms with Crippen molar-refractivity contribution in [3.05, 3.63) is 34.9 Å². The lowest BCUT2D eigenvalue weighted by Gasteiger charge is -2.07. The zero-order valence-electron chi connectivity index (χ0n) is 8.09. The summed E-state index contributed by atoms with van der Waals surface area (Å²) >= 11 is 0. The maximum Gasteiger partial charge on any atom is 0.307 e. The van der Waals surface area contributed by atoms with E-state index >= 15 is 0 Å². The number of carboxylic acid groups (broad SMARTS) is 1. The van der Waals surface area contributed by atoms with Crippen molar-refractivity contribution in [2.75, 3.05) is 7.11 Å². The minimum Gasteiger partial charge on any atom is -0.481 e. The lowest BCUT2D eigenvalue weighted by atomic mass is 10.1. The number of benzene rings is 1. The molecule has 1 aromatic rings. The molecule has 0 aliphatic carbocycles. The molecule has 0 spiro atoms. The molecule has 0 bridgehead atoms. The maximum absolute atomic E-state index is 13.5. The highest BCUT2D eigenvalue weighted by molar-refractivity contribution is 5.70. The van der Waals surface area contributed by atoms with Gasteiger partial charge >= 0.3 is 5.97 Å². The zero-order chi connectivity index (χ0) is 11.4. The first-order chi connectivity index (χ1) is 7.06. The van der Waals surface area contributed by atoms with Crippen LogP contribution in [0.15, 0.2) is 12.1 Å². The standard InChI is InChI=1S/C10H10F2O3/c1-15-5-7-8(11)3-2-6(10(7)12)4-9(13)14/h2-3H,4-5H2,1H3,(H,13,14). The average Bonchev–Trinajstić information content (AvgIpc) is 2.16. The van der Waals surface area contributed by atoms with Crippen molar-refractivity contribution in [1.82, 2.24) is 0 Å². The van der Waals surface area contributed by atoms with E-state index in [1.54, 1.807) is 0 Å². The first-order valence-electron chi connectivity index (χ1n) is 4.22. The number of hydrogen-bond donors (Lipinski definition) is 1. The quantitative estimate of drug-likeness (QED) is 0.833. The summed E-state index contributed by atoms with van der Waals surface area (Å²) in [6, 6.07) is 2.16. The van der Waals surface area contributed by atoms with E-state index in [1.165, 1.54) is 7.11 Å². The van der Waals surface area contributed by atoms with Gasteiger partial charge in [-0.15, -0.1) is 0 Å².